The lowest BCUT2D eigenvalue weighted by molar-refractivity contribution is 0.240. The van der Waals surface area contributed by atoms with Crippen molar-refractivity contribution in [3.8, 4) is 17.4 Å². The number of fused-ring (bicyclic) bond motifs is 1. The maximum atomic E-state index is 12.0. The van der Waals surface area contributed by atoms with Gasteiger partial charge < -0.3 is 24.8 Å². The Kier molecular flexibility index (Phi) is 5.56. The number of pyridine rings is 1. The van der Waals surface area contributed by atoms with E-state index >= 15 is 0 Å². The first-order chi connectivity index (χ1) is 12.3. The minimum atomic E-state index is -0.266. The number of ether oxygens (including phenoxy) is 3. The van der Waals surface area contributed by atoms with Crippen LogP contribution in [0.2, 0.25) is 0 Å². The second-order valence-electron chi connectivity index (χ2n) is 5.54. The Balaban J connectivity index is 1.51. The maximum absolute atomic E-state index is 12.0. The first-order valence-corrected chi connectivity index (χ1v) is 8.14. The second-order valence-corrected chi connectivity index (χ2v) is 5.54. The maximum Gasteiger partial charge on any atom is 0.315 e. The summed E-state index contributed by atoms with van der Waals surface area (Å²) in [5.41, 5.74) is 1.76. The standard InChI is InChI=1S/C18H21N3O4/c1-23-17-14(4-2-7-19-17)12-21-18(22)20-11-13-5-6-15-16(10-13)25-9-3-8-24-15/h2,4-7,10H,3,8-9,11-12H2,1H3,(H2,20,21,22). The molecule has 2 aromatic rings. The van der Waals surface area contributed by atoms with Gasteiger partial charge in [-0.25, -0.2) is 9.78 Å². The van der Waals surface area contributed by atoms with E-state index in [2.05, 4.69) is 15.6 Å². The smallest absolute Gasteiger partial charge is 0.315 e. The number of carbonyl (C=O) groups is 1. The average molecular weight is 343 g/mol. The van der Waals surface area contributed by atoms with Crippen molar-refractivity contribution in [2.75, 3.05) is 20.3 Å². The highest BCUT2D eigenvalue weighted by molar-refractivity contribution is 5.73. The summed E-state index contributed by atoms with van der Waals surface area (Å²) in [5.74, 6) is 1.97. The second kappa shape index (κ2) is 8.23. The van der Waals surface area contributed by atoms with Crippen LogP contribution in [0.15, 0.2) is 36.5 Å². The molecule has 0 saturated heterocycles. The third kappa shape index (κ3) is 4.53. The number of hydrogen-bond acceptors (Lipinski definition) is 5. The van der Waals surface area contributed by atoms with Crippen molar-refractivity contribution in [3.63, 3.8) is 0 Å². The van der Waals surface area contributed by atoms with E-state index < -0.39 is 0 Å². The third-order valence-corrected chi connectivity index (χ3v) is 3.75. The van der Waals surface area contributed by atoms with E-state index in [0.717, 1.165) is 29.0 Å². The number of nitrogens with zero attached hydrogens (tertiary/aromatic N) is 1. The first kappa shape index (κ1) is 16.9. The van der Waals surface area contributed by atoms with Gasteiger partial charge in [-0.15, -0.1) is 0 Å². The summed E-state index contributed by atoms with van der Waals surface area (Å²) in [6.45, 7) is 2.03. The van der Waals surface area contributed by atoms with Crippen LogP contribution in [-0.2, 0) is 13.1 Å². The molecule has 1 aromatic carbocycles. The lowest BCUT2D eigenvalue weighted by Gasteiger charge is -2.11. The topological polar surface area (TPSA) is 81.7 Å². The van der Waals surface area contributed by atoms with Crippen LogP contribution in [-0.4, -0.2) is 31.3 Å². The van der Waals surface area contributed by atoms with Crippen LogP contribution < -0.4 is 24.8 Å². The van der Waals surface area contributed by atoms with Crippen LogP contribution in [0.5, 0.6) is 17.4 Å². The van der Waals surface area contributed by atoms with Crippen molar-refractivity contribution in [3.05, 3.63) is 47.7 Å². The Morgan fingerprint density at radius 2 is 1.96 bits per heavy atom. The molecule has 1 aromatic heterocycles. The Morgan fingerprint density at radius 1 is 1.16 bits per heavy atom. The minimum Gasteiger partial charge on any atom is -0.490 e. The zero-order chi connectivity index (χ0) is 17.5. The molecule has 1 aliphatic heterocycles. The van der Waals surface area contributed by atoms with Gasteiger partial charge in [0, 0.05) is 31.3 Å². The highest BCUT2D eigenvalue weighted by Crippen LogP contribution is 2.30. The third-order valence-electron chi connectivity index (χ3n) is 3.75. The molecule has 2 heterocycles. The Hall–Kier alpha value is -2.96. The fraction of sp³-hybridized carbons (Fsp3) is 0.333. The van der Waals surface area contributed by atoms with Crippen LogP contribution in [0.1, 0.15) is 17.5 Å². The van der Waals surface area contributed by atoms with Gasteiger partial charge in [0.25, 0.3) is 0 Å². The van der Waals surface area contributed by atoms with E-state index in [-0.39, 0.29) is 6.03 Å². The number of amides is 2. The summed E-state index contributed by atoms with van der Waals surface area (Å²) in [6, 6.07) is 9.07. The SMILES string of the molecule is COc1ncccc1CNC(=O)NCc1ccc2c(c1)OCCCO2. The van der Waals surface area contributed by atoms with Gasteiger partial charge in [0.1, 0.15) is 0 Å². The van der Waals surface area contributed by atoms with Gasteiger partial charge in [0.2, 0.25) is 5.88 Å². The van der Waals surface area contributed by atoms with Crippen molar-refractivity contribution >= 4 is 6.03 Å². The van der Waals surface area contributed by atoms with E-state index in [1.807, 2.05) is 24.3 Å². The summed E-state index contributed by atoms with van der Waals surface area (Å²) in [4.78, 5) is 16.1. The molecule has 0 atom stereocenters. The van der Waals surface area contributed by atoms with Crippen molar-refractivity contribution < 1.29 is 19.0 Å². The number of nitrogens with one attached hydrogen (secondary N) is 2. The summed E-state index contributed by atoms with van der Waals surface area (Å²) in [6.07, 6.45) is 2.51. The molecule has 1 aliphatic rings. The van der Waals surface area contributed by atoms with Gasteiger partial charge in [0.05, 0.1) is 20.3 Å². The zero-order valence-electron chi connectivity index (χ0n) is 14.1. The van der Waals surface area contributed by atoms with Gasteiger partial charge in [-0.2, -0.15) is 0 Å². The highest BCUT2D eigenvalue weighted by atomic mass is 16.5. The van der Waals surface area contributed by atoms with E-state index in [1.54, 1.807) is 19.4 Å². The predicted octanol–water partition coefficient (Wildman–Crippen LogP) is 2.25. The number of hydrogen-bond donors (Lipinski definition) is 2. The molecule has 0 saturated carbocycles. The van der Waals surface area contributed by atoms with Crippen LogP contribution in [0.3, 0.4) is 0 Å². The van der Waals surface area contributed by atoms with Gasteiger partial charge in [-0.1, -0.05) is 12.1 Å². The fourth-order valence-electron chi connectivity index (χ4n) is 2.48. The summed E-state index contributed by atoms with van der Waals surface area (Å²) in [7, 11) is 1.55. The van der Waals surface area contributed by atoms with Crippen molar-refractivity contribution in [2.24, 2.45) is 0 Å². The average Bonchev–Trinajstić information content (AvgIpc) is 2.89. The lowest BCUT2D eigenvalue weighted by atomic mass is 10.2. The summed E-state index contributed by atoms with van der Waals surface area (Å²) < 4.78 is 16.4. The van der Waals surface area contributed by atoms with E-state index in [4.69, 9.17) is 14.2 Å². The van der Waals surface area contributed by atoms with Gasteiger partial charge >= 0.3 is 6.03 Å². The molecule has 2 N–H and O–H groups in total. The van der Waals surface area contributed by atoms with E-state index in [0.29, 0.717) is 32.2 Å². The largest absolute Gasteiger partial charge is 0.490 e. The molecule has 0 fully saturated rings. The summed E-state index contributed by atoms with van der Waals surface area (Å²) in [5, 5.41) is 5.61. The lowest BCUT2D eigenvalue weighted by Crippen LogP contribution is -2.34. The number of aromatic nitrogens is 1. The molecular formula is C18H21N3O4. The molecule has 7 heteroatoms. The molecule has 7 nitrogen and oxygen atoms in total. The molecule has 0 spiro atoms. The van der Waals surface area contributed by atoms with Crippen molar-refractivity contribution in [1.29, 1.82) is 0 Å². The zero-order valence-corrected chi connectivity index (χ0v) is 14.1. The van der Waals surface area contributed by atoms with E-state index in [9.17, 15) is 4.79 Å². The number of benzene rings is 1. The molecule has 0 aliphatic carbocycles. The fourth-order valence-corrected chi connectivity index (χ4v) is 2.48. The molecule has 0 radical (unpaired) electrons. The van der Waals surface area contributed by atoms with Gasteiger partial charge in [-0.3, -0.25) is 0 Å². The Labute approximate surface area is 146 Å². The van der Waals surface area contributed by atoms with Gasteiger partial charge in [0.15, 0.2) is 11.5 Å². The molecule has 2 amide bonds. The quantitative estimate of drug-likeness (QED) is 0.870. The predicted molar refractivity (Wildman–Crippen MR) is 91.9 cm³/mol. The Morgan fingerprint density at radius 3 is 2.80 bits per heavy atom. The van der Waals surface area contributed by atoms with Crippen LogP contribution in [0.4, 0.5) is 4.79 Å². The molecule has 0 unspecified atom stereocenters. The number of urea groups is 1. The normalized spacial score (nSPS) is 12.8. The molecule has 132 valence electrons. The van der Waals surface area contributed by atoms with Crippen molar-refractivity contribution in [2.45, 2.75) is 19.5 Å². The van der Waals surface area contributed by atoms with Crippen LogP contribution in [0.25, 0.3) is 0 Å². The van der Waals surface area contributed by atoms with Gasteiger partial charge in [-0.05, 0) is 23.8 Å². The van der Waals surface area contributed by atoms with E-state index in [1.165, 1.54) is 0 Å². The molecule has 0 bridgehead atoms. The molecule has 25 heavy (non-hydrogen) atoms. The number of carbonyl (C=O) groups excluding carboxylic acids is 1. The number of rotatable bonds is 5. The summed E-state index contributed by atoms with van der Waals surface area (Å²) >= 11 is 0. The molecular weight excluding hydrogens is 322 g/mol. The minimum absolute atomic E-state index is 0.266. The molecule has 3 rings (SSSR count). The highest BCUT2D eigenvalue weighted by Gasteiger charge is 2.11. The van der Waals surface area contributed by atoms with Crippen LogP contribution >= 0.6 is 0 Å². The van der Waals surface area contributed by atoms with Crippen molar-refractivity contribution in [1.82, 2.24) is 15.6 Å². The first-order valence-electron chi connectivity index (χ1n) is 8.14. The van der Waals surface area contributed by atoms with Crippen LogP contribution in [0, 0.1) is 0 Å². The monoisotopic (exact) mass is 343 g/mol. The number of methoxy groups -OCH3 is 1. The Bertz CT molecular complexity index is 736.